The highest BCUT2D eigenvalue weighted by molar-refractivity contribution is 5.88. The van der Waals surface area contributed by atoms with Gasteiger partial charge < -0.3 is 30.9 Å². The Balaban J connectivity index is 4.04. The minimum atomic E-state index is -1.57. The summed E-state index contributed by atoms with van der Waals surface area (Å²) in [5.74, 6) is -3.33. The van der Waals surface area contributed by atoms with Crippen LogP contribution in [0.15, 0.2) is 0 Å². The third-order valence-corrected chi connectivity index (χ3v) is 2.02. The second-order valence-corrected chi connectivity index (χ2v) is 3.66. The first-order valence-corrected chi connectivity index (χ1v) is 5.61. The van der Waals surface area contributed by atoms with Crippen molar-refractivity contribution in [1.29, 1.82) is 0 Å². The minimum absolute atomic E-state index is 0.273. The summed E-state index contributed by atoms with van der Waals surface area (Å²) in [6, 6.07) is -2.51. The summed E-state index contributed by atoms with van der Waals surface area (Å²) in [5.41, 5.74) is 0. The van der Waals surface area contributed by atoms with E-state index in [2.05, 4.69) is 10.6 Å². The van der Waals surface area contributed by atoms with Crippen molar-refractivity contribution in [3.8, 4) is 0 Å². The Hall–Kier alpha value is -2.36. The van der Waals surface area contributed by atoms with Crippen LogP contribution in [0.3, 0.4) is 0 Å². The van der Waals surface area contributed by atoms with E-state index in [-0.39, 0.29) is 13.1 Å². The lowest BCUT2D eigenvalue weighted by atomic mass is 10.2. The summed E-state index contributed by atoms with van der Waals surface area (Å²) in [6.07, 6.45) is -0.761. The predicted molar refractivity (Wildman–Crippen MR) is 65.1 cm³/mol. The molecule has 0 aromatic rings. The van der Waals surface area contributed by atoms with Gasteiger partial charge in [-0.3, -0.25) is 9.59 Å². The topological polar surface area (TPSA) is 154 Å². The van der Waals surface area contributed by atoms with Gasteiger partial charge in [0.05, 0.1) is 19.6 Å². The zero-order chi connectivity index (χ0) is 15.5. The van der Waals surface area contributed by atoms with E-state index in [4.69, 9.17) is 14.9 Å². The number of amides is 3. The molecule has 0 saturated heterocycles. The van der Waals surface area contributed by atoms with Crippen LogP contribution in [0.25, 0.3) is 0 Å². The lowest BCUT2D eigenvalue weighted by Crippen LogP contribution is -2.49. The number of carboxylic acid groups (broad SMARTS) is 2. The van der Waals surface area contributed by atoms with Crippen LogP contribution in [0.5, 0.6) is 0 Å². The van der Waals surface area contributed by atoms with Gasteiger partial charge >= 0.3 is 18.0 Å². The van der Waals surface area contributed by atoms with Crippen molar-refractivity contribution < 1.29 is 34.1 Å². The first-order valence-electron chi connectivity index (χ1n) is 5.61. The third kappa shape index (κ3) is 8.69. The molecule has 0 aromatic carbocycles. The highest BCUT2D eigenvalue weighted by atomic mass is 16.5. The van der Waals surface area contributed by atoms with Crippen LogP contribution in [0.4, 0.5) is 4.79 Å². The summed E-state index contributed by atoms with van der Waals surface area (Å²) in [6.45, 7) is 0.224. The number of aliphatic carboxylic acids is 2. The minimum Gasteiger partial charge on any atom is -0.481 e. The zero-order valence-electron chi connectivity index (χ0n) is 10.8. The van der Waals surface area contributed by atoms with Crippen LogP contribution in [0, 0.1) is 0 Å². The summed E-state index contributed by atoms with van der Waals surface area (Å²) < 4.78 is 4.70. The van der Waals surface area contributed by atoms with Crippen LogP contribution >= 0.6 is 0 Å². The highest BCUT2D eigenvalue weighted by Crippen LogP contribution is 1.92. The maximum Gasteiger partial charge on any atom is 0.326 e. The van der Waals surface area contributed by atoms with E-state index in [0.29, 0.717) is 6.61 Å². The van der Waals surface area contributed by atoms with Gasteiger partial charge in [-0.1, -0.05) is 0 Å². The van der Waals surface area contributed by atoms with Gasteiger partial charge in [-0.05, 0) is 0 Å². The lowest BCUT2D eigenvalue weighted by molar-refractivity contribution is -0.145. The normalized spacial score (nSPS) is 11.2. The molecule has 5 N–H and O–H groups in total. The third-order valence-electron chi connectivity index (χ3n) is 2.02. The molecule has 0 aromatic heterocycles. The maximum absolute atomic E-state index is 11.3. The van der Waals surface area contributed by atoms with Crippen molar-refractivity contribution in [2.75, 3.05) is 26.8 Å². The van der Waals surface area contributed by atoms with E-state index in [0.717, 1.165) is 0 Å². The SMILES string of the molecule is COCCNC(=O)CNC(=O)NC(CC(=O)O)C(=O)O. The smallest absolute Gasteiger partial charge is 0.326 e. The molecule has 0 fully saturated rings. The van der Waals surface area contributed by atoms with Crippen LogP contribution in [-0.4, -0.2) is 66.9 Å². The van der Waals surface area contributed by atoms with Gasteiger partial charge in [0.1, 0.15) is 6.04 Å². The fraction of sp³-hybridized carbons (Fsp3) is 0.600. The Labute approximate surface area is 114 Å². The van der Waals surface area contributed by atoms with E-state index in [1.807, 2.05) is 5.32 Å². The molecule has 0 heterocycles. The van der Waals surface area contributed by atoms with E-state index in [1.54, 1.807) is 0 Å². The molecule has 0 aliphatic rings. The molecule has 1 atom stereocenters. The van der Waals surface area contributed by atoms with Crippen molar-refractivity contribution >= 4 is 23.9 Å². The summed E-state index contributed by atoms with van der Waals surface area (Å²) in [4.78, 5) is 43.6. The van der Waals surface area contributed by atoms with Crippen LogP contribution in [0.2, 0.25) is 0 Å². The number of urea groups is 1. The fourth-order valence-corrected chi connectivity index (χ4v) is 1.10. The number of carbonyl (C=O) groups excluding carboxylic acids is 2. The van der Waals surface area contributed by atoms with E-state index >= 15 is 0 Å². The Morgan fingerprint density at radius 1 is 1.15 bits per heavy atom. The van der Waals surface area contributed by atoms with Crippen molar-refractivity contribution in [1.82, 2.24) is 16.0 Å². The fourth-order valence-electron chi connectivity index (χ4n) is 1.10. The first-order chi connectivity index (χ1) is 9.36. The molecular formula is C10H17N3O7. The van der Waals surface area contributed by atoms with Crippen molar-refractivity contribution in [3.05, 3.63) is 0 Å². The number of methoxy groups -OCH3 is 1. The van der Waals surface area contributed by atoms with Gasteiger partial charge in [0, 0.05) is 13.7 Å². The summed E-state index contributed by atoms with van der Waals surface area (Å²) in [7, 11) is 1.46. The number of hydrogen-bond donors (Lipinski definition) is 5. The number of carboxylic acids is 2. The number of ether oxygens (including phenoxy) is 1. The van der Waals surface area contributed by atoms with Gasteiger partial charge in [-0.25, -0.2) is 9.59 Å². The Kier molecular flexibility index (Phi) is 8.43. The Bertz CT molecular complexity index is 372. The van der Waals surface area contributed by atoms with Crippen molar-refractivity contribution in [3.63, 3.8) is 0 Å². The zero-order valence-corrected chi connectivity index (χ0v) is 10.8. The monoisotopic (exact) mass is 291 g/mol. The van der Waals surface area contributed by atoms with Crippen molar-refractivity contribution in [2.24, 2.45) is 0 Å². The largest absolute Gasteiger partial charge is 0.481 e. The maximum atomic E-state index is 11.3. The van der Waals surface area contributed by atoms with E-state index < -0.39 is 36.3 Å². The molecule has 114 valence electrons. The Morgan fingerprint density at radius 3 is 2.30 bits per heavy atom. The predicted octanol–water partition coefficient (Wildman–Crippen LogP) is -2.02. The quantitative estimate of drug-likeness (QED) is 0.307. The van der Waals surface area contributed by atoms with Gasteiger partial charge in [-0.2, -0.15) is 0 Å². The average Bonchev–Trinajstić information content (AvgIpc) is 2.35. The number of rotatable bonds is 9. The first kappa shape index (κ1) is 17.6. The molecule has 3 amide bonds. The molecule has 0 aliphatic carbocycles. The molecule has 10 nitrogen and oxygen atoms in total. The molecule has 10 heteroatoms. The average molecular weight is 291 g/mol. The molecule has 0 spiro atoms. The van der Waals surface area contributed by atoms with Crippen molar-refractivity contribution in [2.45, 2.75) is 12.5 Å². The van der Waals surface area contributed by atoms with Gasteiger partial charge in [0.25, 0.3) is 0 Å². The summed E-state index contributed by atoms with van der Waals surface area (Å²) in [5, 5.41) is 23.6. The highest BCUT2D eigenvalue weighted by Gasteiger charge is 2.22. The Morgan fingerprint density at radius 2 is 1.80 bits per heavy atom. The lowest BCUT2D eigenvalue weighted by Gasteiger charge is -2.13. The van der Waals surface area contributed by atoms with Crippen LogP contribution < -0.4 is 16.0 Å². The van der Waals surface area contributed by atoms with Gasteiger partial charge in [0.15, 0.2) is 0 Å². The molecular weight excluding hydrogens is 274 g/mol. The van der Waals surface area contributed by atoms with E-state index in [1.165, 1.54) is 7.11 Å². The molecule has 20 heavy (non-hydrogen) atoms. The number of carbonyl (C=O) groups is 4. The molecule has 0 saturated carbocycles. The molecule has 1 unspecified atom stereocenters. The van der Waals surface area contributed by atoms with Gasteiger partial charge in [0.2, 0.25) is 5.91 Å². The van der Waals surface area contributed by atoms with Crippen LogP contribution in [-0.2, 0) is 19.1 Å². The standard InChI is InChI=1S/C10H17N3O7/c1-20-3-2-11-7(14)5-12-10(19)13-6(9(17)18)4-8(15)16/h6H,2-5H2,1H3,(H,11,14)(H,15,16)(H,17,18)(H2,12,13,19). The molecule has 0 bridgehead atoms. The number of nitrogens with one attached hydrogen (secondary N) is 3. The molecule has 0 aliphatic heterocycles. The number of hydrogen-bond acceptors (Lipinski definition) is 5. The second kappa shape index (κ2) is 9.55. The van der Waals surface area contributed by atoms with Crippen LogP contribution in [0.1, 0.15) is 6.42 Å². The van der Waals surface area contributed by atoms with Gasteiger partial charge in [-0.15, -0.1) is 0 Å². The van der Waals surface area contributed by atoms with E-state index in [9.17, 15) is 19.2 Å². The summed E-state index contributed by atoms with van der Waals surface area (Å²) >= 11 is 0. The molecule has 0 rings (SSSR count). The second-order valence-electron chi connectivity index (χ2n) is 3.66. The molecule has 0 radical (unpaired) electrons.